The van der Waals surface area contributed by atoms with Crippen molar-refractivity contribution in [3.8, 4) is 5.69 Å². The number of benzene rings is 1. The molecule has 5 heteroatoms. The number of aromatic nitrogens is 2. The molecule has 1 N–H and O–H groups in total. The summed E-state index contributed by atoms with van der Waals surface area (Å²) in [5, 5.41) is 7.31. The van der Waals surface area contributed by atoms with Crippen LogP contribution in [-0.4, -0.2) is 21.5 Å². The van der Waals surface area contributed by atoms with Gasteiger partial charge in [-0.2, -0.15) is 5.10 Å². The Balaban J connectivity index is 1.86. The molecule has 2 aromatic rings. The van der Waals surface area contributed by atoms with Crippen LogP contribution in [0, 0.1) is 19.8 Å². The Bertz CT molecular complexity index is 710. The minimum atomic E-state index is -0.196. The van der Waals surface area contributed by atoms with Gasteiger partial charge in [-0.15, -0.1) is 0 Å². The number of Topliss-reactive ketones (excluding diaryl/α,β-unsaturated/α-hetero) is 1. The lowest BCUT2D eigenvalue weighted by Gasteiger charge is -2.22. The van der Waals surface area contributed by atoms with E-state index in [1.165, 1.54) is 0 Å². The quantitative estimate of drug-likeness (QED) is 0.940. The van der Waals surface area contributed by atoms with Crippen LogP contribution in [0.5, 0.6) is 0 Å². The highest BCUT2D eigenvalue weighted by Crippen LogP contribution is 2.25. The van der Waals surface area contributed by atoms with Gasteiger partial charge in [0, 0.05) is 18.9 Å². The number of carbonyl (C=O) groups is 2. The Labute approximate surface area is 123 Å². The normalized spacial score (nSPS) is 14.9. The van der Waals surface area contributed by atoms with Crippen LogP contribution >= 0.6 is 0 Å². The average molecular weight is 283 g/mol. The summed E-state index contributed by atoms with van der Waals surface area (Å²) in [6, 6.07) is 9.76. The van der Waals surface area contributed by atoms with Crippen molar-refractivity contribution < 1.29 is 9.59 Å². The summed E-state index contributed by atoms with van der Waals surface area (Å²) in [4.78, 5) is 23.1. The van der Waals surface area contributed by atoms with E-state index in [1.807, 2.05) is 44.2 Å². The predicted octanol–water partition coefficient (Wildman–Crippen LogP) is 2.41. The molecule has 1 aromatic carbocycles. The van der Waals surface area contributed by atoms with Crippen molar-refractivity contribution in [2.24, 2.45) is 5.92 Å². The van der Waals surface area contributed by atoms with Gasteiger partial charge in [0.15, 0.2) is 0 Å². The van der Waals surface area contributed by atoms with Crippen molar-refractivity contribution in [1.29, 1.82) is 0 Å². The molecular formula is C16H17N3O2. The molecule has 0 aliphatic heterocycles. The van der Waals surface area contributed by atoms with Gasteiger partial charge in [0.05, 0.1) is 17.3 Å². The summed E-state index contributed by atoms with van der Waals surface area (Å²) < 4.78 is 1.72. The molecule has 5 nitrogen and oxygen atoms in total. The van der Waals surface area contributed by atoms with Crippen molar-refractivity contribution in [2.45, 2.75) is 26.7 Å². The molecule has 0 bridgehead atoms. The van der Waals surface area contributed by atoms with Gasteiger partial charge in [-0.3, -0.25) is 9.59 Å². The Morgan fingerprint density at radius 3 is 2.71 bits per heavy atom. The third-order valence-corrected chi connectivity index (χ3v) is 3.65. The zero-order valence-corrected chi connectivity index (χ0v) is 12.1. The smallest absolute Gasteiger partial charge is 0.229 e. The van der Waals surface area contributed by atoms with Crippen molar-refractivity contribution in [1.82, 2.24) is 9.78 Å². The molecule has 1 aliphatic rings. The highest BCUT2D eigenvalue weighted by molar-refractivity contribution is 6.01. The summed E-state index contributed by atoms with van der Waals surface area (Å²) in [6.45, 7) is 3.90. The van der Waals surface area contributed by atoms with Crippen molar-refractivity contribution in [2.75, 3.05) is 5.32 Å². The molecule has 1 aromatic heterocycles. The Kier molecular flexibility index (Phi) is 3.33. The number of carbonyl (C=O) groups excluding carboxylic acids is 2. The molecule has 108 valence electrons. The highest BCUT2D eigenvalue weighted by atomic mass is 16.2. The van der Waals surface area contributed by atoms with E-state index in [2.05, 4.69) is 10.4 Å². The predicted molar refractivity (Wildman–Crippen MR) is 79.4 cm³/mol. The van der Waals surface area contributed by atoms with Gasteiger partial charge in [-0.1, -0.05) is 12.1 Å². The molecule has 3 rings (SSSR count). The number of hydrogen-bond acceptors (Lipinski definition) is 3. The third-order valence-electron chi connectivity index (χ3n) is 3.65. The maximum atomic E-state index is 12.1. The molecule has 1 heterocycles. The van der Waals surface area contributed by atoms with Gasteiger partial charge in [-0.05, 0) is 31.5 Å². The van der Waals surface area contributed by atoms with Crippen molar-refractivity contribution >= 4 is 17.5 Å². The number of hydrogen-bond donors (Lipinski definition) is 1. The van der Waals surface area contributed by atoms with Crippen LogP contribution in [0.2, 0.25) is 0 Å². The summed E-state index contributed by atoms with van der Waals surface area (Å²) in [6.07, 6.45) is 0.701. The summed E-state index contributed by atoms with van der Waals surface area (Å²) in [7, 11) is 0. The Morgan fingerprint density at radius 2 is 2.05 bits per heavy atom. The number of nitrogens with one attached hydrogen (secondary N) is 1. The first-order valence-electron chi connectivity index (χ1n) is 6.99. The third kappa shape index (κ3) is 2.72. The minimum absolute atomic E-state index is 0.108. The fraction of sp³-hybridized carbons (Fsp3) is 0.312. The molecule has 1 saturated carbocycles. The van der Waals surface area contributed by atoms with Gasteiger partial charge >= 0.3 is 0 Å². The largest absolute Gasteiger partial charge is 0.310 e. The number of anilines is 1. The molecular weight excluding hydrogens is 266 g/mol. The SMILES string of the molecule is Cc1cccc(-n2nc(C)cc2NC(=O)C2CC(=O)C2)c1. The molecule has 0 atom stereocenters. The van der Waals surface area contributed by atoms with Gasteiger partial charge in [-0.25, -0.2) is 4.68 Å². The van der Waals surface area contributed by atoms with Crippen LogP contribution in [0.4, 0.5) is 5.82 Å². The van der Waals surface area contributed by atoms with Crippen LogP contribution in [0.25, 0.3) is 5.69 Å². The summed E-state index contributed by atoms with van der Waals surface area (Å²) in [5.41, 5.74) is 2.86. The van der Waals surface area contributed by atoms with Crippen LogP contribution in [-0.2, 0) is 9.59 Å². The summed E-state index contributed by atoms with van der Waals surface area (Å²) in [5.74, 6) is 0.489. The van der Waals surface area contributed by atoms with E-state index in [-0.39, 0.29) is 17.6 Å². The highest BCUT2D eigenvalue weighted by Gasteiger charge is 2.33. The Morgan fingerprint density at radius 1 is 1.29 bits per heavy atom. The van der Waals surface area contributed by atoms with E-state index in [4.69, 9.17) is 0 Å². The molecule has 0 spiro atoms. The second-order valence-electron chi connectivity index (χ2n) is 5.55. The molecule has 1 aliphatic carbocycles. The van der Waals surface area contributed by atoms with E-state index in [0.717, 1.165) is 16.9 Å². The van der Waals surface area contributed by atoms with Gasteiger partial charge in [0.2, 0.25) is 5.91 Å². The fourth-order valence-electron chi connectivity index (χ4n) is 2.45. The van der Waals surface area contributed by atoms with Crippen LogP contribution in [0.15, 0.2) is 30.3 Å². The van der Waals surface area contributed by atoms with E-state index < -0.39 is 0 Å². The van der Waals surface area contributed by atoms with Gasteiger partial charge in [0.25, 0.3) is 0 Å². The monoisotopic (exact) mass is 283 g/mol. The minimum Gasteiger partial charge on any atom is -0.310 e. The first-order chi connectivity index (χ1) is 10.0. The number of ketones is 1. The lowest BCUT2D eigenvalue weighted by molar-refractivity contribution is -0.135. The van der Waals surface area contributed by atoms with E-state index in [1.54, 1.807) is 4.68 Å². The van der Waals surface area contributed by atoms with Crippen LogP contribution in [0.1, 0.15) is 24.1 Å². The number of rotatable bonds is 3. The second kappa shape index (κ2) is 5.16. The fourth-order valence-corrected chi connectivity index (χ4v) is 2.45. The van der Waals surface area contributed by atoms with E-state index in [0.29, 0.717) is 18.7 Å². The first-order valence-corrected chi connectivity index (χ1v) is 6.99. The van der Waals surface area contributed by atoms with Crippen molar-refractivity contribution in [3.63, 3.8) is 0 Å². The zero-order chi connectivity index (χ0) is 15.0. The summed E-state index contributed by atoms with van der Waals surface area (Å²) >= 11 is 0. The molecule has 0 unspecified atom stereocenters. The van der Waals surface area contributed by atoms with E-state index >= 15 is 0 Å². The molecule has 1 fully saturated rings. The van der Waals surface area contributed by atoms with Crippen LogP contribution in [0.3, 0.4) is 0 Å². The molecule has 21 heavy (non-hydrogen) atoms. The average Bonchev–Trinajstić information content (AvgIpc) is 2.76. The van der Waals surface area contributed by atoms with Gasteiger partial charge < -0.3 is 5.32 Å². The van der Waals surface area contributed by atoms with E-state index in [9.17, 15) is 9.59 Å². The zero-order valence-electron chi connectivity index (χ0n) is 12.1. The topological polar surface area (TPSA) is 64.0 Å². The molecule has 1 amide bonds. The number of amides is 1. The maximum absolute atomic E-state index is 12.1. The van der Waals surface area contributed by atoms with Gasteiger partial charge in [0.1, 0.15) is 11.6 Å². The first kappa shape index (κ1) is 13.5. The standard InChI is InChI=1S/C16H17N3O2/c1-10-4-3-5-13(6-10)19-15(7-11(2)18-19)17-16(21)12-8-14(20)9-12/h3-7,12H,8-9H2,1-2H3,(H,17,21). The number of aryl methyl sites for hydroxylation is 2. The molecule has 0 radical (unpaired) electrons. The molecule has 0 saturated heterocycles. The Hall–Kier alpha value is -2.43. The maximum Gasteiger partial charge on any atom is 0.229 e. The van der Waals surface area contributed by atoms with Crippen molar-refractivity contribution in [3.05, 3.63) is 41.6 Å². The lowest BCUT2D eigenvalue weighted by Crippen LogP contribution is -2.35. The van der Waals surface area contributed by atoms with Crippen LogP contribution < -0.4 is 5.32 Å². The lowest BCUT2D eigenvalue weighted by atomic mass is 9.83. The number of nitrogens with zero attached hydrogens (tertiary/aromatic N) is 2. The second-order valence-corrected chi connectivity index (χ2v) is 5.55.